The van der Waals surface area contributed by atoms with Gasteiger partial charge in [0, 0.05) is 5.41 Å². The molecular formula is C19H20O3. The van der Waals surface area contributed by atoms with Crippen molar-refractivity contribution < 1.29 is 14.6 Å². The average molecular weight is 296 g/mol. The van der Waals surface area contributed by atoms with E-state index >= 15 is 0 Å². The van der Waals surface area contributed by atoms with Gasteiger partial charge >= 0.3 is 5.97 Å². The Bertz CT molecular complexity index is 650. The molecule has 1 N–H and O–H groups in total. The monoisotopic (exact) mass is 296 g/mol. The quantitative estimate of drug-likeness (QED) is 0.870. The molecule has 0 saturated heterocycles. The minimum atomic E-state index is -0.309. The normalized spacial score (nSPS) is 16.4. The number of phenolic OH excluding ortho intramolecular Hbond substituents is 1. The predicted molar refractivity (Wildman–Crippen MR) is 85.1 cm³/mol. The fourth-order valence-corrected chi connectivity index (χ4v) is 3.55. The third-order valence-corrected chi connectivity index (χ3v) is 4.74. The van der Waals surface area contributed by atoms with E-state index < -0.39 is 0 Å². The highest BCUT2D eigenvalue weighted by atomic mass is 16.5. The number of methoxy groups -OCH3 is 1. The molecule has 0 unspecified atom stereocenters. The highest BCUT2D eigenvalue weighted by molar-refractivity contribution is 5.89. The number of hydrogen-bond acceptors (Lipinski definition) is 3. The third-order valence-electron chi connectivity index (χ3n) is 4.74. The maximum atomic E-state index is 11.6. The Morgan fingerprint density at radius 3 is 1.95 bits per heavy atom. The second kappa shape index (κ2) is 5.84. The smallest absolute Gasteiger partial charge is 0.337 e. The van der Waals surface area contributed by atoms with Crippen LogP contribution in [0.1, 0.15) is 47.2 Å². The van der Waals surface area contributed by atoms with E-state index in [4.69, 9.17) is 4.74 Å². The van der Waals surface area contributed by atoms with Crippen LogP contribution >= 0.6 is 0 Å². The number of carbonyl (C=O) groups excluding carboxylic acids is 1. The highest BCUT2D eigenvalue weighted by Gasteiger charge is 2.37. The standard InChI is InChI=1S/C19H20O3/c1-22-18(21)14-4-6-15(7-5-14)19(12-2-3-13-19)16-8-10-17(20)11-9-16/h4-11,20H,2-3,12-13H2,1H3. The Labute approximate surface area is 130 Å². The summed E-state index contributed by atoms with van der Waals surface area (Å²) in [6.07, 6.45) is 4.57. The van der Waals surface area contributed by atoms with Crippen LogP contribution in [0, 0.1) is 0 Å². The first kappa shape index (κ1) is 14.6. The number of carbonyl (C=O) groups is 1. The first-order valence-electron chi connectivity index (χ1n) is 7.64. The largest absolute Gasteiger partial charge is 0.508 e. The van der Waals surface area contributed by atoms with E-state index in [0.717, 1.165) is 12.8 Å². The van der Waals surface area contributed by atoms with Gasteiger partial charge in [0.25, 0.3) is 0 Å². The zero-order valence-corrected chi connectivity index (χ0v) is 12.7. The van der Waals surface area contributed by atoms with Crippen LogP contribution in [0.15, 0.2) is 48.5 Å². The molecule has 114 valence electrons. The first-order chi connectivity index (χ1) is 10.7. The van der Waals surface area contributed by atoms with Crippen LogP contribution in [0.5, 0.6) is 5.75 Å². The van der Waals surface area contributed by atoms with Crippen LogP contribution in [0.2, 0.25) is 0 Å². The van der Waals surface area contributed by atoms with Crippen molar-refractivity contribution in [3.8, 4) is 5.75 Å². The van der Waals surface area contributed by atoms with Gasteiger partial charge in [-0.15, -0.1) is 0 Å². The summed E-state index contributed by atoms with van der Waals surface area (Å²) in [5, 5.41) is 9.53. The maximum Gasteiger partial charge on any atom is 0.337 e. The first-order valence-corrected chi connectivity index (χ1v) is 7.64. The summed E-state index contributed by atoms with van der Waals surface area (Å²) >= 11 is 0. The minimum Gasteiger partial charge on any atom is -0.508 e. The molecule has 0 aliphatic heterocycles. The van der Waals surface area contributed by atoms with Gasteiger partial charge in [-0.2, -0.15) is 0 Å². The second-order valence-corrected chi connectivity index (χ2v) is 5.91. The number of phenols is 1. The van der Waals surface area contributed by atoms with Crippen LogP contribution in [-0.2, 0) is 10.2 Å². The molecule has 0 aromatic heterocycles. The Morgan fingerprint density at radius 2 is 1.45 bits per heavy atom. The van der Waals surface area contributed by atoms with Gasteiger partial charge in [0.05, 0.1) is 12.7 Å². The van der Waals surface area contributed by atoms with Crippen LogP contribution in [-0.4, -0.2) is 18.2 Å². The lowest BCUT2D eigenvalue weighted by atomic mass is 9.73. The molecule has 0 bridgehead atoms. The topological polar surface area (TPSA) is 46.5 Å². The number of benzene rings is 2. The van der Waals surface area contributed by atoms with Crippen molar-refractivity contribution in [3.05, 3.63) is 65.2 Å². The van der Waals surface area contributed by atoms with Crippen molar-refractivity contribution in [2.75, 3.05) is 7.11 Å². The van der Waals surface area contributed by atoms with E-state index in [9.17, 15) is 9.90 Å². The van der Waals surface area contributed by atoms with Gasteiger partial charge in [-0.3, -0.25) is 0 Å². The Kier molecular flexibility index (Phi) is 3.88. The molecule has 1 fully saturated rings. The zero-order valence-electron chi connectivity index (χ0n) is 12.7. The number of aromatic hydroxyl groups is 1. The molecule has 1 aliphatic rings. The molecule has 1 aliphatic carbocycles. The van der Waals surface area contributed by atoms with Gasteiger partial charge in [-0.05, 0) is 48.2 Å². The van der Waals surface area contributed by atoms with Crippen LogP contribution in [0.4, 0.5) is 0 Å². The van der Waals surface area contributed by atoms with Gasteiger partial charge in [0.2, 0.25) is 0 Å². The highest BCUT2D eigenvalue weighted by Crippen LogP contribution is 2.46. The molecule has 3 heteroatoms. The molecule has 1 saturated carbocycles. The second-order valence-electron chi connectivity index (χ2n) is 5.91. The van der Waals surface area contributed by atoms with Crippen molar-refractivity contribution in [1.82, 2.24) is 0 Å². The van der Waals surface area contributed by atoms with Gasteiger partial charge in [-0.1, -0.05) is 37.1 Å². The molecule has 3 nitrogen and oxygen atoms in total. The molecule has 0 spiro atoms. The lowest BCUT2D eigenvalue weighted by Crippen LogP contribution is -2.23. The summed E-state index contributed by atoms with van der Waals surface area (Å²) in [5.74, 6) is -0.0189. The Hall–Kier alpha value is -2.29. The molecule has 2 aromatic rings. The van der Waals surface area contributed by atoms with Crippen LogP contribution < -0.4 is 0 Å². The predicted octanol–water partition coefficient (Wildman–Crippen LogP) is 4.04. The van der Waals surface area contributed by atoms with Crippen LogP contribution in [0.3, 0.4) is 0 Å². The van der Waals surface area contributed by atoms with Gasteiger partial charge in [0.1, 0.15) is 5.75 Å². The van der Waals surface area contributed by atoms with Crippen molar-refractivity contribution >= 4 is 5.97 Å². The summed E-state index contributed by atoms with van der Waals surface area (Å²) in [6, 6.07) is 15.2. The lowest BCUT2D eigenvalue weighted by Gasteiger charge is -2.30. The summed E-state index contributed by atoms with van der Waals surface area (Å²) in [5.41, 5.74) is 3.02. The molecule has 0 amide bonds. The summed E-state index contributed by atoms with van der Waals surface area (Å²) in [4.78, 5) is 11.6. The summed E-state index contributed by atoms with van der Waals surface area (Å²) in [6.45, 7) is 0. The third kappa shape index (κ3) is 2.47. The van der Waals surface area contributed by atoms with Gasteiger partial charge in [-0.25, -0.2) is 4.79 Å². The van der Waals surface area contributed by atoms with Crippen molar-refractivity contribution in [2.24, 2.45) is 0 Å². The van der Waals surface area contributed by atoms with Crippen molar-refractivity contribution in [1.29, 1.82) is 0 Å². The average Bonchev–Trinajstić information content (AvgIpc) is 3.06. The molecule has 22 heavy (non-hydrogen) atoms. The number of hydrogen-bond donors (Lipinski definition) is 1. The summed E-state index contributed by atoms with van der Waals surface area (Å²) in [7, 11) is 1.39. The van der Waals surface area contributed by atoms with Crippen molar-refractivity contribution in [3.63, 3.8) is 0 Å². The molecule has 0 heterocycles. The van der Waals surface area contributed by atoms with E-state index in [1.54, 1.807) is 12.1 Å². The molecule has 3 rings (SSSR count). The lowest BCUT2D eigenvalue weighted by molar-refractivity contribution is 0.0600. The van der Waals surface area contributed by atoms with E-state index in [0.29, 0.717) is 5.56 Å². The van der Waals surface area contributed by atoms with E-state index in [1.165, 1.54) is 31.1 Å². The molecule has 0 atom stereocenters. The van der Waals surface area contributed by atoms with Crippen LogP contribution in [0.25, 0.3) is 0 Å². The number of esters is 1. The number of ether oxygens (including phenoxy) is 1. The number of rotatable bonds is 3. The fourth-order valence-electron chi connectivity index (χ4n) is 3.55. The maximum absolute atomic E-state index is 11.6. The minimum absolute atomic E-state index is 0.0116. The molecule has 2 aromatic carbocycles. The molecule has 0 radical (unpaired) electrons. The Balaban J connectivity index is 2.00. The molecular weight excluding hydrogens is 276 g/mol. The fraction of sp³-hybridized carbons (Fsp3) is 0.316. The van der Waals surface area contributed by atoms with Gasteiger partial charge < -0.3 is 9.84 Å². The SMILES string of the molecule is COC(=O)c1ccc(C2(c3ccc(O)cc3)CCCC2)cc1. The zero-order chi connectivity index (χ0) is 15.6. The van der Waals surface area contributed by atoms with Crippen molar-refractivity contribution in [2.45, 2.75) is 31.1 Å². The van der Waals surface area contributed by atoms with E-state index in [2.05, 4.69) is 0 Å². The van der Waals surface area contributed by atoms with Gasteiger partial charge in [0.15, 0.2) is 0 Å². The summed E-state index contributed by atoms with van der Waals surface area (Å²) < 4.78 is 4.76. The Morgan fingerprint density at radius 1 is 0.955 bits per heavy atom. The van der Waals surface area contributed by atoms with E-state index in [1.807, 2.05) is 36.4 Å². The van der Waals surface area contributed by atoms with E-state index in [-0.39, 0.29) is 17.1 Å².